The number of rotatable bonds is 4. The van der Waals surface area contributed by atoms with E-state index >= 15 is 0 Å². The van der Waals surface area contributed by atoms with Crippen LogP contribution in [-0.2, 0) is 6.54 Å². The minimum Gasteiger partial charge on any atom is -0.336 e. The summed E-state index contributed by atoms with van der Waals surface area (Å²) in [7, 11) is 1.61. The summed E-state index contributed by atoms with van der Waals surface area (Å²) in [5, 5.41) is 3.85. The fourth-order valence-electron chi connectivity index (χ4n) is 1.91. The smallest absolute Gasteiger partial charge is 0.319 e. The van der Waals surface area contributed by atoms with Crippen LogP contribution in [0.15, 0.2) is 29.0 Å². The van der Waals surface area contributed by atoms with E-state index in [0.717, 1.165) is 10.1 Å². The summed E-state index contributed by atoms with van der Waals surface area (Å²) >= 11 is 1.54. The molecular weight excluding hydrogens is 270 g/mol. The summed E-state index contributed by atoms with van der Waals surface area (Å²) in [6, 6.07) is 4.87. The molecule has 2 rings (SSSR count). The first-order valence-corrected chi connectivity index (χ1v) is 6.67. The summed E-state index contributed by atoms with van der Waals surface area (Å²) in [5.41, 5.74) is 1.39. The van der Waals surface area contributed by atoms with Crippen molar-refractivity contribution in [3.05, 3.63) is 45.9 Å². The van der Waals surface area contributed by atoms with E-state index in [-0.39, 0.29) is 5.69 Å². The van der Waals surface area contributed by atoms with Gasteiger partial charge in [0.2, 0.25) is 0 Å². The number of amides is 1. The maximum Gasteiger partial charge on any atom is 0.319 e. The molecule has 1 amide bonds. The number of nitrogens with zero attached hydrogens (tertiary/aromatic N) is 2. The highest BCUT2D eigenvalue weighted by Crippen LogP contribution is 2.20. The molecule has 0 bridgehead atoms. The molecule has 0 saturated carbocycles. The summed E-state index contributed by atoms with van der Waals surface area (Å²) < 4.78 is 26.6. The topological polar surface area (TPSA) is 25.2 Å². The van der Waals surface area contributed by atoms with E-state index in [1.807, 2.05) is 16.8 Å². The molecular formula is C13H14F2N2OS. The Labute approximate surface area is 114 Å². The lowest BCUT2D eigenvalue weighted by molar-refractivity contribution is 0.0564. The van der Waals surface area contributed by atoms with Gasteiger partial charge in [0.25, 0.3) is 5.91 Å². The van der Waals surface area contributed by atoms with Gasteiger partial charge >= 0.3 is 6.55 Å². The van der Waals surface area contributed by atoms with Crippen molar-refractivity contribution in [1.82, 2.24) is 9.47 Å². The molecule has 0 atom stereocenters. The normalized spacial score (nSPS) is 11.0. The van der Waals surface area contributed by atoms with Gasteiger partial charge in [0.1, 0.15) is 5.69 Å². The summed E-state index contributed by atoms with van der Waals surface area (Å²) in [5.74, 6) is -0.403. The molecule has 19 heavy (non-hydrogen) atoms. The molecule has 0 spiro atoms. The Balaban J connectivity index is 2.19. The van der Waals surface area contributed by atoms with Crippen LogP contribution in [0, 0.1) is 6.92 Å². The zero-order valence-electron chi connectivity index (χ0n) is 10.6. The van der Waals surface area contributed by atoms with Gasteiger partial charge in [-0.25, -0.2) is 0 Å². The van der Waals surface area contributed by atoms with Gasteiger partial charge in [-0.1, -0.05) is 0 Å². The number of halogens is 2. The highest BCUT2D eigenvalue weighted by atomic mass is 32.1. The maximum atomic E-state index is 12.9. The molecule has 2 heterocycles. The van der Waals surface area contributed by atoms with Gasteiger partial charge in [0.15, 0.2) is 0 Å². The fourth-order valence-corrected chi connectivity index (χ4v) is 2.57. The quantitative estimate of drug-likeness (QED) is 0.843. The van der Waals surface area contributed by atoms with Crippen LogP contribution in [0.5, 0.6) is 0 Å². The number of carbonyl (C=O) groups excluding carboxylic acids is 1. The molecule has 0 aliphatic heterocycles. The molecule has 2 aromatic heterocycles. The van der Waals surface area contributed by atoms with Gasteiger partial charge < -0.3 is 4.90 Å². The number of aryl methyl sites for hydroxylation is 1. The van der Waals surface area contributed by atoms with E-state index in [9.17, 15) is 13.6 Å². The molecule has 3 nitrogen and oxygen atoms in total. The minimum atomic E-state index is -2.71. The van der Waals surface area contributed by atoms with Crippen molar-refractivity contribution in [2.45, 2.75) is 20.0 Å². The van der Waals surface area contributed by atoms with Crippen LogP contribution in [0.4, 0.5) is 8.78 Å². The third-order valence-corrected chi connectivity index (χ3v) is 3.61. The lowest BCUT2D eigenvalue weighted by atomic mass is 10.3. The molecule has 6 heteroatoms. The number of thiophene rings is 1. The Morgan fingerprint density at radius 3 is 2.74 bits per heavy atom. The van der Waals surface area contributed by atoms with E-state index < -0.39 is 12.5 Å². The van der Waals surface area contributed by atoms with E-state index in [2.05, 4.69) is 0 Å². The fraction of sp³-hybridized carbons (Fsp3) is 0.308. The predicted octanol–water partition coefficient (Wildman–Crippen LogP) is 3.53. The van der Waals surface area contributed by atoms with E-state index in [1.165, 1.54) is 28.4 Å². The molecule has 0 radical (unpaired) electrons. The van der Waals surface area contributed by atoms with Gasteiger partial charge in [0, 0.05) is 19.3 Å². The Kier molecular flexibility index (Phi) is 3.99. The number of alkyl halides is 2. The highest BCUT2D eigenvalue weighted by molar-refractivity contribution is 7.07. The van der Waals surface area contributed by atoms with E-state index in [0.29, 0.717) is 12.2 Å². The predicted molar refractivity (Wildman–Crippen MR) is 70.5 cm³/mol. The van der Waals surface area contributed by atoms with Crippen molar-refractivity contribution in [2.24, 2.45) is 0 Å². The first-order chi connectivity index (χ1) is 9.00. The Hall–Kier alpha value is -1.69. The van der Waals surface area contributed by atoms with Gasteiger partial charge in [-0.3, -0.25) is 9.36 Å². The van der Waals surface area contributed by atoms with Crippen LogP contribution in [0.3, 0.4) is 0 Å². The second-order valence-electron chi connectivity index (χ2n) is 4.30. The van der Waals surface area contributed by atoms with Gasteiger partial charge in [-0.15, -0.1) is 0 Å². The standard InChI is InChI=1S/C13H14F2N2OS/c1-9-3-4-11(17(9)13(14)15)12(18)16(2)7-10-5-6-19-8-10/h3-6,8,13H,7H2,1-2H3. The van der Waals surface area contributed by atoms with Gasteiger partial charge in [-0.05, 0) is 41.4 Å². The van der Waals surface area contributed by atoms with Crippen LogP contribution in [0.2, 0.25) is 0 Å². The van der Waals surface area contributed by atoms with Crippen molar-refractivity contribution < 1.29 is 13.6 Å². The first kappa shape index (κ1) is 13.7. The zero-order valence-corrected chi connectivity index (χ0v) is 11.5. The third kappa shape index (κ3) is 2.84. The molecule has 0 N–H and O–H groups in total. The Bertz CT molecular complexity index is 563. The van der Waals surface area contributed by atoms with Gasteiger partial charge in [0.05, 0.1) is 0 Å². The van der Waals surface area contributed by atoms with Crippen LogP contribution in [0.25, 0.3) is 0 Å². The molecule has 0 unspecified atom stereocenters. The monoisotopic (exact) mass is 284 g/mol. The van der Waals surface area contributed by atoms with E-state index in [1.54, 1.807) is 14.0 Å². The summed E-state index contributed by atoms with van der Waals surface area (Å²) in [6.45, 7) is -0.735. The molecule has 2 aromatic rings. The zero-order chi connectivity index (χ0) is 14.0. The lowest BCUT2D eigenvalue weighted by Gasteiger charge is -2.18. The lowest BCUT2D eigenvalue weighted by Crippen LogP contribution is -2.28. The minimum absolute atomic E-state index is 0.0187. The highest BCUT2D eigenvalue weighted by Gasteiger charge is 2.21. The SMILES string of the molecule is Cc1ccc(C(=O)N(C)Cc2ccsc2)n1C(F)F. The van der Waals surface area contributed by atoms with Crippen LogP contribution >= 0.6 is 11.3 Å². The number of hydrogen-bond acceptors (Lipinski definition) is 2. The van der Waals surface area contributed by atoms with Crippen molar-refractivity contribution in [3.8, 4) is 0 Å². The second kappa shape index (κ2) is 5.52. The van der Waals surface area contributed by atoms with Crippen molar-refractivity contribution in [2.75, 3.05) is 7.05 Å². The Morgan fingerprint density at radius 1 is 1.42 bits per heavy atom. The van der Waals surface area contributed by atoms with E-state index in [4.69, 9.17) is 0 Å². The van der Waals surface area contributed by atoms with Gasteiger partial charge in [-0.2, -0.15) is 20.1 Å². The molecule has 0 aliphatic rings. The van der Waals surface area contributed by atoms with Crippen LogP contribution in [0.1, 0.15) is 28.3 Å². The number of aromatic nitrogens is 1. The van der Waals surface area contributed by atoms with Crippen molar-refractivity contribution >= 4 is 17.2 Å². The van der Waals surface area contributed by atoms with Crippen molar-refractivity contribution in [3.63, 3.8) is 0 Å². The Morgan fingerprint density at radius 2 is 2.16 bits per heavy atom. The second-order valence-corrected chi connectivity index (χ2v) is 5.08. The molecule has 102 valence electrons. The van der Waals surface area contributed by atoms with Crippen molar-refractivity contribution in [1.29, 1.82) is 0 Å². The molecule has 0 saturated heterocycles. The van der Waals surface area contributed by atoms with Crippen LogP contribution < -0.4 is 0 Å². The number of carbonyl (C=O) groups is 1. The average Bonchev–Trinajstić information content (AvgIpc) is 2.97. The third-order valence-electron chi connectivity index (χ3n) is 2.88. The molecule has 0 fully saturated rings. The first-order valence-electron chi connectivity index (χ1n) is 5.73. The molecule has 0 aliphatic carbocycles. The number of hydrogen-bond donors (Lipinski definition) is 0. The maximum absolute atomic E-state index is 12.9. The van der Waals surface area contributed by atoms with Crippen LogP contribution in [-0.4, -0.2) is 22.4 Å². The average molecular weight is 284 g/mol. The summed E-state index contributed by atoms with van der Waals surface area (Å²) in [6.07, 6.45) is 0. The largest absolute Gasteiger partial charge is 0.336 e. The molecule has 0 aromatic carbocycles. The summed E-state index contributed by atoms with van der Waals surface area (Å²) in [4.78, 5) is 13.6.